The number of carbonyl (C=O) groups excluding carboxylic acids is 1. The summed E-state index contributed by atoms with van der Waals surface area (Å²) in [4.78, 5) is 23.1. The standard InChI is InChI=1S/C11H16N2O2S/c1-8(2)12-9-5-4-6-13(11(9)15)7-10(14)16-3/h4-6,8,12H,7H2,1-3H3. The molecule has 0 amide bonds. The Labute approximate surface area is 99.0 Å². The number of hydrogen-bond acceptors (Lipinski definition) is 4. The van der Waals surface area contributed by atoms with Crippen LogP contribution in [0.25, 0.3) is 0 Å². The Balaban J connectivity index is 2.95. The molecule has 0 aliphatic heterocycles. The van der Waals surface area contributed by atoms with Gasteiger partial charge in [0.2, 0.25) is 5.12 Å². The van der Waals surface area contributed by atoms with Crippen LogP contribution in [0.2, 0.25) is 0 Å². The van der Waals surface area contributed by atoms with Crippen LogP contribution in [-0.2, 0) is 11.3 Å². The highest BCUT2D eigenvalue weighted by Crippen LogP contribution is 2.02. The number of nitrogens with zero attached hydrogens (tertiary/aromatic N) is 1. The maximum absolute atomic E-state index is 11.9. The van der Waals surface area contributed by atoms with E-state index in [0.29, 0.717) is 5.69 Å². The second-order valence-electron chi connectivity index (χ2n) is 3.73. The van der Waals surface area contributed by atoms with Gasteiger partial charge in [-0.1, -0.05) is 11.8 Å². The minimum Gasteiger partial charge on any atom is -0.378 e. The van der Waals surface area contributed by atoms with E-state index in [2.05, 4.69) is 5.32 Å². The number of carbonyl (C=O) groups is 1. The summed E-state index contributed by atoms with van der Waals surface area (Å²) in [6.07, 6.45) is 3.34. The van der Waals surface area contributed by atoms with Crippen molar-refractivity contribution in [2.45, 2.75) is 26.4 Å². The summed E-state index contributed by atoms with van der Waals surface area (Å²) in [5, 5.41) is 3.03. The van der Waals surface area contributed by atoms with Crippen molar-refractivity contribution >= 4 is 22.6 Å². The molecule has 1 aromatic heterocycles. The molecule has 0 aliphatic rings. The summed E-state index contributed by atoms with van der Waals surface area (Å²) >= 11 is 1.13. The molecule has 1 N–H and O–H groups in total. The average Bonchev–Trinajstić information content (AvgIpc) is 2.23. The third-order valence-corrected chi connectivity index (χ3v) is 2.58. The highest BCUT2D eigenvalue weighted by Gasteiger charge is 2.06. The van der Waals surface area contributed by atoms with Crippen molar-refractivity contribution in [3.05, 3.63) is 28.7 Å². The number of rotatable bonds is 4. The summed E-state index contributed by atoms with van der Waals surface area (Å²) in [6.45, 7) is 4.04. The zero-order valence-corrected chi connectivity index (χ0v) is 10.5. The van der Waals surface area contributed by atoms with Gasteiger partial charge in [0, 0.05) is 12.2 Å². The summed E-state index contributed by atoms with van der Waals surface area (Å²) in [5.41, 5.74) is 0.380. The molecular formula is C11H16N2O2S. The van der Waals surface area contributed by atoms with Crippen LogP contribution >= 0.6 is 11.8 Å². The molecule has 0 aromatic carbocycles. The van der Waals surface area contributed by atoms with Crippen LogP contribution in [0.1, 0.15) is 13.8 Å². The van der Waals surface area contributed by atoms with Crippen molar-refractivity contribution < 1.29 is 4.79 Å². The number of hydrogen-bond donors (Lipinski definition) is 1. The predicted molar refractivity (Wildman–Crippen MR) is 68.0 cm³/mol. The van der Waals surface area contributed by atoms with Gasteiger partial charge < -0.3 is 9.88 Å². The molecule has 4 nitrogen and oxygen atoms in total. The fourth-order valence-electron chi connectivity index (χ4n) is 1.29. The van der Waals surface area contributed by atoms with Gasteiger partial charge in [-0.05, 0) is 32.2 Å². The van der Waals surface area contributed by atoms with Crippen molar-refractivity contribution in [1.29, 1.82) is 0 Å². The first-order valence-corrected chi connectivity index (χ1v) is 6.30. The molecule has 0 atom stereocenters. The van der Waals surface area contributed by atoms with E-state index in [1.165, 1.54) is 4.57 Å². The number of nitrogens with one attached hydrogen (secondary N) is 1. The molecule has 88 valence electrons. The van der Waals surface area contributed by atoms with Gasteiger partial charge in [-0.15, -0.1) is 0 Å². The highest BCUT2D eigenvalue weighted by atomic mass is 32.2. The third-order valence-electron chi connectivity index (χ3n) is 1.99. The van der Waals surface area contributed by atoms with E-state index >= 15 is 0 Å². The van der Waals surface area contributed by atoms with Crippen LogP contribution in [0.5, 0.6) is 0 Å². The lowest BCUT2D eigenvalue weighted by Gasteiger charge is -2.11. The van der Waals surface area contributed by atoms with Crippen LogP contribution in [0, 0.1) is 0 Å². The maximum atomic E-state index is 11.9. The minimum absolute atomic E-state index is 0.0243. The lowest BCUT2D eigenvalue weighted by atomic mass is 10.3. The smallest absolute Gasteiger partial charge is 0.274 e. The van der Waals surface area contributed by atoms with E-state index in [9.17, 15) is 9.59 Å². The first kappa shape index (κ1) is 12.8. The van der Waals surface area contributed by atoms with Crippen LogP contribution in [0.15, 0.2) is 23.1 Å². The van der Waals surface area contributed by atoms with Crippen molar-refractivity contribution in [3.8, 4) is 0 Å². The Morgan fingerprint density at radius 1 is 1.56 bits per heavy atom. The van der Waals surface area contributed by atoms with Gasteiger partial charge in [0.1, 0.15) is 5.69 Å². The Bertz CT molecular complexity index is 426. The highest BCUT2D eigenvalue weighted by molar-refractivity contribution is 8.13. The lowest BCUT2D eigenvalue weighted by Crippen LogP contribution is -2.27. The number of anilines is 1. The molecule has 0 saturated heterocycles. The molecule has 0 unspecified atom stereocenters. The van der Waals surface area contributed by atoms with E-state index in [0.717, 1.165) is 11.8 Å². The van der Waals surface area contributed by atoms with Gasteiger partial charge in [-0.25, -0.2) is 0 Å². The largest absolute Gasteiger partial charge is 0.378 e. The summed E-state index contributed by atoms with van der Waals surface area (Å²) < 4.78 is 1.42. The van der Waals surface area contributed by atoms with Gasteiger partial charge in [-0.2, -0.15) is 0 Å². The van der Waals surface area contributed by atoms with Crippen LogP contribution < -0.4 is 10.9 Å². The van der Waals surface area contributed by atoms with Crippen molar-refractivity contribution in [2.24, 2.45) is 0 Å². The molecule has 1 rings (SSSR count). The number of thioether (sulfide) groups is 1. The van der Waals surface area contributed by atoms with E-state index < -0.39 is 0 Å². The lowest BCUT2D eigenvalue weighted by molar-refractivity contribution is -0.111. The summed E-state index contributed by atoms with van der Waals surface area (Å²) in [6, 6.07) is 3.68. The Morgan fingerprint density at radius 3 is 2.81 bits per heavy atom. The molecule has 0 bridgehead atoms. The topological polar surface area (TPSA) is 51.1 Å². The summed E-state index contributed by atoms with van der Waals surface area (Å²) in [5.74, 6) is 0. The first-order valence-electron chi connectivity index (χ1n) is 5.07. The van der Waals surface area contributed by atoms with Gasteiger partial charge in [0.05, 0.1) is 6.54 Å². The predicted octanol–water partition coefficient (Wildman–Crippen LogP) is 1.56. The SMILES string of the molecule is CSC(=O)Cn1cccc(NC(C)C)c1=O. The van der Waals surface area contributed by atoms with Crippen molar-refractivity contribution in [3.63, 3.8) is 0 Å². The van der Waals surface area contributed by atoms with Crippen molar-refractivity contribution in [1.82, 2.24) is 4.57 Å². The van der Waals surface area contributed by atoms with E-state index in [-0.39, 0.29) is 23.3 Å². The van der Waals surface area contributed by atoms with Crippen LogP contribution in [-0.4, -0.2) is 22.0 Å². The Morgan fingerprint density at radius 2 is 2.25 bits per heavy atom. The molecule has 0 aliphatic carbocycles. The van der Waals surface area contributed by atoms with Crippen LogP contribution in [0.3, 0.4) is 0 Å². The molecule has 0 fully saturated rings. The molecule has 0 saturated carbocycles. The molecule has 1 aromatic rings. The summed E-state index contributed by atoms with van der Waals surface area (Å²) in [7, 11) is 0. The molecule has 1 heterocycles. The maximum Gasteiger partial charge on any atom is 0.274 e. The van der Waals surface area contributed by atoms with Gasteiger partial charge >= 0.3 is 0 Å². The number of pyridine rings is 1. The monoisotopic (exact) mass is 240 g/mol. The molecule has 16 heavy (non-hydrogen) atoms. The zero-order valence-electron chi connectivity index (χ0n) is 9.69. The fourth-order valence-corrected chi connectivity index (χ4v) is 1.55. The van der Waals surface area contributed by atoms with E-state index in [4.69, 9.17) is 0 Å². The molecule has 0 spiro atoms. The van der Waals surface area contributed by atoms with E-state index in [1.54, 1.807) is 24.6 Å². The van der Waals surface area contributed by atoms with Gasteiger partial charge in [-0.3, -0.25) is 9.59 Å². The second-order valence-corrected chi connectivity index (χ2v) is 4.59. The average molecular weight is 240 g/mol. The molecule has 0 radical (unpaired) electrons. The van der Waals surface area contributed by atoms with E-state index in [1.807, 2.05) is 13.8 Å². The zero-order chi connectivity index (χ0) is 12.1. The van der Waals surface area contributed by atoms with Gasteiger partial charge in [0.15, 0.2) is 0 Å². The fraction of sp³-hybridized carbons (Fsp3) is 0.455. The van der Waals surface area contributed by atoms with Crippen LogP contribution in [0.4, 0.5) is 5.69 Å². The first-order chi connectivity index (χ1) is 7.54. The quantitative estimate of drug-likeness (QED) is 0.867. The van der Waals surface area contributed by atoms with Crippen molar-refractivity contribution in [2.75, 3.05) is 11.6 Å². The third kappa shape index (κ3) is 3.41. The normalized spacial score (nSPS) is 10.5. The second kappa shape index (κ2) is 5.75. The Kier molecular flexibility index (Phi) is 4.61. The Hall–Kier alpha value is -1.23. The molecular weight excluding hydrogens is 224 g/mol. The van der Waals surface area contributed by atoms with Gasteiger partial charge in [0.25, 0.3) is 5.56 Å². The minimum atomic E-state index is -0.154. The number of aromatic nitrogens is 1. The molecule has 5 heteroatoms.